The number of halogens is 1. The highest BCUT2D eigenvalue weighted by molar-refractivity contribution is 6.34. The molecule has 0 bridgehead atoms. The summed E-state index contributed by atoms with van der Waals surface area (Å²) in [7, 11) is 0. The van der Waals surface area contributed by atoms with Gasteiger partial charge >= 0.3 is 6.03 Å². The summed E-state index contributed by atoms with van der Waals surface area (Å²) in [6, 6.07) is 8.23. The third-order valence-corrected chi connectivity index (χ3v) is 4.26. The van der Waals surface area contributed by atoms with Crippen molar-refractivity contribution in [1.82, 2.24) is 15.6 Å². The predicted octanol–water partition coefficient (Wildman–Crippen LogP) is 3.51. The van der Waals surface area contributed by atoms with E-state index < -0.39 is 0 Å². The monoisotopic (exact) mass is 358 g/mol. The van der Waals surface area contributed by atoms with Gasteiger partial charge in [0.2, 0.25) is 0 Å². The van der Waals surface area contributed by atoms with Crippen molar-refractivity contribution in [1.29, 1.82) is 0 Å². The lowest BCUT2D eigenvalue weighted by Crippen LogP contribution is -2.31. The zero-order chi connectivity index (χ0) is 17.8. The van der Waals surface area contributed by atoms with Crippen molar-refractivity contribution < 1.29 is 9.59 Å². The first-order chi connectivity index (χ1) is 12.0. The number of hydrogen-bond acceptors (Lipinski definition) is 3. The van der Waals surface area contributed by atoms with Crippen LogP contribution in [0.2, 0.25) is 5.02 Å². The Bertz CT molecular complexity index is 778. The fourth-order valence-corrected chi connectivity index (χ4v) is 2.57. The maximum atomic E-state index is 12.2. The van der Waals surface area contributed by atoms with E-state index in [9.17, 15) is 9.59 Å². The minimum Gasteiger partial charge on any atom is -0.349 e. The second kappa shape index (κ2) is 7.53. The minimum absolute atomic E-state index is 0.173. The molecule has 0 radical (unpaired) electrons. The molecule has 1 aliphatic carbocycles. The van der Waals surface area contributed by atoms with Gasteiger partial charge in [-0.05, 0) is 55.7 Å². The summed E-state index contributed by atoms with van der Waals surface area (Å²) in [4.78, 5) is 28.3. The van der Waals surface area contributed by atoms with E-state index in [-0.39, 0.29) is 24.0 Å². The number of carbonyl (C=O) groups is 2. The summed E-state index contributed by atoms with van der Waals surface area (Å²) in [5.41, 5.74) is 1.81. The fraction of sp³-hybridized carbons (Fsp3) is 0.278. The molecule has 1 atom stereocenters. The molecule has 0 spiro atoms. The highest BCUT2D eigenvalue weighted by Gasteiger charge is 2.25. The molecule has 3 rings (SSSR count). The Labute approximate surface area is 151 Å². The zero-order valence-electron chi connectivity index (χ0n) is 13.8. The molecule has 1 fully saturated rings. The van der Waals surface area contributed by atoms with Gasteiger partial charge in [-0.25, -0.2) is 4.79 Å². The van der Waals surface area contributed by atoms with Crippen LogP contribution in [0.4, 0.5) is 10.5 Å². The SMILES string of the molecule is CC(NC(=O)Nc1ccc(Cl)c(C(=O)NC2CC2)c1)c1ccncc1. The summed E-state index contributed by atoms with van der Waals surface area (Å²) in [6.07, 6.45) is 5.35. The van der Waals surface area contributed by atoms with Crippen LogP contribution in [-0.2, 0) is 0 Å². The van der Waals surface area contributed by atoms with Crippen LogP contribution in [0.3, 0.4) is 0 Å². The number of aromatic nitrogens is 1. The molecule has 130 valence electrons. The van der Waals surface area contributed by atoms with Gasteiger partial charge in [-0.1, -0.05) is 11.6 Å². The van der Waals surface area contributed by atoms with Gasteiger partial charge in [0, 0.05) is 24.1 Å². The Hall–Kier alpha value is -2.60. The van der Waals surface area contributed by atoms with Crippen LogP contribution in [0.5, 0.6) is 0 Å². The minimum atomic E-state index is -0.361. The fourth-order valence-electron chi connectivity index (χ4n) is 2.37. The highest BCUT2D eigenvalue weighted by atomic mass is 35.5. The molecule has 1 unspecified atom stereocenters. The molecule has 25 heavy (non-hydrogen) atoms. The average Bonchev–Trinajstić information content (AvgIpc) is 3.41. The lowest BCUT2D eigenvalue weighted by molar-refractivity contribution is 0.0951. The molecule has 1 saturated carbocycles. The number of pyridine rings is 1. The highest BCUT2D eigenvalue weighted by Crippen LogP contribution is 2.24. The molecule has 0 aliphatic heterocycles. The molecule has 6 nitrogen and oxygen atoms in total. The van der Waals surface area contributed by atoms with E-state index in [1.165, 1.54) is 0 Å². The van der Waals surface area contributed by atoms with E-state index >= 15 is 0 Å². The second-order valence-electron chi connectivity index (χ2n) is 6.04. The van der Waals surface area contributed by atoms with Crippen molar-refractivity contribution in [2.45, 2.75) is 31.8 Å². The molecule has 3 N–H and O–H groups in total. The lowest BCUT2D eigenvalue weighted by Gasteiger charge is -2.15. The molecule has 1 aromatic heterocycles. The number of amides is 3. The second-order valence-corrected chi connectivity index (χ2v) is 6.45. The number of carbonyl (C=O) groups excluding carboxylic acids is 2. The quantitative estimate of drug-likeness (QED) is 0.764. The van der Waals surface area contributed by atoms with Gasteiger partial charge in [0.05, 0.1) is 16.6 Å². The van der Waals surface area contributed by atoms with Crippen LogP contribution in [0.1, 0.15) is 41.7 Å². The third kappa shape index (κ3) is 4.70. The number of benzene rings is 1. The van der Waals surface area contributed by atoms with Gasteiger partial charge in [0.1, 0.15) is 0 Å². The van der Waals surface area contributed by atoms with Crippen molar-refractivity contribution in [3.05, 3.63) is 58.9 Å². The van der Waals surface area contributed by atoms with Gasteiger partial charge < -0.3 is 16.0 Å². The molecular formula is C18H19ClN4O2. The smallest absolute Gasteiger partial charge is 0.319 e. The van der Waals surface area contributed by atoms with Crippen molar-refractivity contribution in [2.24, 2.45) is 0 Å². The molecule has 1 aromatic carbocycles. The Balaban J connectivity index is 1.63. The molecular weight excluding hydrogens is 340 g/mol. The Morgan fingerprint density at radius 2 is 1.92 bits per heavy atom. The number of hydrogen-bond donors (Lipinski definition) is 3. The van der Waals surface area contributed by atoms with Gasteiger partial charge in [0.15, 0.2) is 0 Å². The first-order valence-electron chi connectivity index (χ1n) is 8.11. The van der Waals surface area contributed by atoms with Crippen molar-refractivity contribution in [2.75, 3.05) is 5.32 Å². The van der Waals surface area contributed by atoms with Crippen LogP contribution in [0, 0.1) is 0 Å². The molecule has 0 saturated heterocycles. The summed E-state index contributed by atoms with van der Waals surface area (Å²) in [5, 5.41) is 8.81. The van der Waals surface area contributed by atoms with E-state index in [1.54, 1.807) is 30.6 Å². The van der Waals surface area contributed by atoms with Crippen molar-refractivity contribution >= 4 is 29.2 Å². The Morgan fingerprint density at radius 1 is 1.20 bits per heavy atom. The summed E-state index contributed by atoms with van der Waals surface area (Å²) >= 11 is 6.10. The van der Waals surface area contributed by atoms with Gasteiger partial charge in [-0.3, -0.25) is 9.78 Å². The largest absolute Gasteiger partial charge is 0.349 e. The molecule has 2 aromatic rings. The van der Waals surface area contributed by atoms with E-state index in [1.807, 2.05) is 19.1 Å². The molecule has 1 heterocycles. The van der Waals surface area contributed by atoms with Crippen LogP contribution in [0.25, 0.3) is 0 Å². The third-order valence-electron chi connectivity index (χ3n) is 3.94. The normalized spacial score (nSPS) is 14.5. The van der Waals surface area contributed by atoms with Gasteiger partial charge in [0.25, 0.3) is 5.91 Å². The zero-order valence-corrected chi connectivity index (χ0v) is 14.5. The van der Waals surface area contributed by atoms with Crippen LogP contribution in [-0.4, -0.2) is 23.0 Å². The predicted molar refractivity (Wildman–Crippen MR) is 96.7 cm³/mol. The average molecular weight is 359 g/mol. The summed E-state index contributed by atoms with van der Waals surface area (Å²) in [6.45, 7) is 1.88. The van der Waals surface area contributed by atoms with Crippen LogP contribution < -0.4 is 16.0 Å². The number of anilines is 1. The molecule has 1 aliphatic rings. The van der Waals surface area contributed by atoms with E-state index in [2.05, 4.69) is 20.9 Å². The topological polar surface area (TPSA) is 83.1 Å². The standard InChI is InChI=1S/C18H19ClN4O2/c1-11(12-6-8-20-9-7-12)21-18(25)23-14-4-5-16(19)15(10-14)17(24)22-13-2-3-13/h4-11,13H,2-3H2,1H3,(H,22,24)(H2,21,23,25). The first kappa shape index (κ1) is 17.2. The van der Waals surface area contributed by atoms with Gasteiger partial charge in [-0.2, -0.15) is 0 Å². The summed E-state index contributed by atoms with van der Waals surface area (Å²) in [5.74, 6) is -0.221. The Kier molecular flexibility index (Phi) is 5.19. The number of nitrogens with zero attached hydrogens (tertiary/aromatic N) is 1. The maximum Gasteiger partial charge on any atom is 0.319 e. The molecule has 3 amide bonds. The van der Waals surface area contributed by atoms with E-state index in [4.69, 9.17) is 11.6 Å². The lowest BCUT2D eigenvalue weighted by atomic mass is 10.1. The number of rotatable bonds is 5. The van der Waals surface area contributed by atoms with Crippen LogP contribution >= 0.6 is 11.6 Å². The number of urea groups is 1. The van der Waals surface area contributed by atoms with Gasteiger partial charge in [-0.15, -0.1) is 0 Å². The van der Waals surface area contributed by atoms with Crippen molar-refractivity contribution in [3.63, 3.8) is 0 Å². The van der Waals surface area contributed by atoms with Crippen molar-refractivity contribution in [3.8, 4) is 0 Å². The van der Waals surface area contributed by atoms with E-state index in [0.29, 0.717) is 16.3 Å². The first-order valence-corrected chi connectivity index (χ1v) is 8.48. The maximum absolute atomic E-state index is 12.2. The van der Waals surface area contributed by atoms with Crippen LogP contribution in [0.15, 0.2) is 42.7 Å². The molecule has 7 heteroatoms. The van der Waals surface area contributed by atoms with E-state index in [0.717, 1.165) is 18.4 Å². The Morgan fingerprint density at radius 3 is 2.60 bits per heavy atom. The summed E-state index contributed by atoms with van der Waals surface area (Å²) < 4.78 is 0. The number of nitrogens with one attached hydrogen (secondary N) is 3.